The first-order valence-electron chi connectivity index (χ1n) is 7.96. The molecule has 2 aromatic rings. The Labute approximate surface area is 146 Å². The minimum Gasteiger partial charge on any atom is -0.268 e. The molecule has 0 aromatic heterocycles. The molecule has 0 atom stereocenters. The molecule has 1 aliphatic heterocycles. The molecule has 1 saturated heterocycles. The van der Waals surface area contributed by atoms with Crippen LogP contribution in [0.3, 0.4) is 0 Å². The highest BCUT2D eigenvalue weighted by Gasteiger charge is 2.34. The quantitative estimate of drug-likeness (QED) is 0.753. The Morgan fingerprint density at radius 3 is 2.21 bits per heavy atom. The number of thioether (sulfide) groups is 1. The molecule has 0 bridgehead atoms. The molecule has 0 spiro atoms. The van der Waals surface area contributed by atoms with Crippen LogP contribution in [0.2, 0.25) is 0 Å². The summed E-state index contributed by atoms with van der Waals surface area (Å²) < 4.78 is 0. The van der Waals surface area contributed by atoms with Crippen LogP contribution in [0.1, 0.15) is 29.2 Å². The molecule has 1 aliphatic rings. The highest BCUT2D eigenvalue weighted by molar-refractivity contribution is 8.18. The summed E-state index contributed by atoms with van der Waals surface area (Å²) in [5, 5.41) is -0.211. The molecule has 0 saturated carbocycles. The monoisotopic (exact) mass is 337 g/mol. The zero-order valence-electron chi connectivity index (χ0n) is 13.8. The van der Waals surface area contributed by atoms with Crippen molar-refractivity contribution in [2.24, 2.45) is 0 Å². The molecule has 122 valence electrons. The molecule has 2 amide bonds. The highest BCUT2D eigenvalue weighted by Crippen LogP contribution is 2.33. The summed E-state index contributed by atoms with van der Waals surface area (Å²) in [6, 6.07) is 15.9. The summed E-state index contributed by atoms with van der Waals surface area (Å²) in [6.07, 6.45) is 2.77. The Bertz CT molecular complexity index is 791. The van der Waals surface area contributed by atoms with Crippen molar-refractivity contribution in [2.75, 3.05) is 0 Å². The smallest absolute Gasteiger partial charge is 0.268 e. The molecule has 1 fully saturated rings. The van der Waals surface area contributed by atoms with E-state index in [0.29, 0.717) is 11.4 Å². The Morgan fingerprint density at radius 2 is 1.58 bits per heavy atom. The van der Waals surface area contributed by atoms with E-state index in [2.05, 4.69) is 6.92 Å². The van der Waals surface area contributed by atoms with Crippen LogP contribution in [0.5, 0.6) is 0 Å². The van der Waals surface area contributed by atoms with Crippen molar-refractivity contribution in [2.45, 2.75) is 26.8 Å². The number of amides is 2. The van der Waals surface area contributed by atoms with Gasteiger partial charge >= 0.3 is 0 Å². The van der Waals surface area contributed by atoms with Crippen molar-refractivity contribution in [3.05, 3.63) is 75.7 Å². The van der Waals surface area contributed by atoms with Crippen LogP contribution in [-0.2, 0) is 17.8 Å². The van der Waals surface area contributed by atoms with Gasteiger partial charge < -0.3 is 0 Å². The van der Waals surface area contributed by atoms with E-state index in [0.717, 1.165) is 34.9 Å². The van der Waals surface area contributed by atoms with Crippen LogP contribution in [0, 0.1) is 6.92 Å². The molecule has 24 heavy (non-hydrogen) atoms. The minimum atomic E-state index is -0.217. The van der Waals surface area contributed by atoms with Crippen LogP contribution in [0.15, 0.2) is 53.4 Å². The summed E-state index contributed by atoms with van der Waals surface area (Å²) in [7, 11) is 0. The van der Waals surface area contributed by atoms with Crippen molar-refractivity contribution < 1.29 is 9.59 Å². The van der Waals surface area contributed by atoms with Crippen molar-refractivity contribution >= 4 is 29.0 Å². The number of rotatable bonds is 4. The van der Waals surface area contributed by atoms with Gasteiger partial charge in [0, 0.05) is 0 Å². The van der Waals surface area contributed by atoms with Gasteiger partial charge in [-0.05, 0) is 47.9 Å². The van der Waals surface area contributed by atoms with E-state index >= 15 is 0 Å². The molecule has 4 heteroatoms. The number of imide groups is 1. The van der Waals surface area contributed by atoms with Gasteiger partial charge in [0.05, 0.1) is 11.4 Å². The second kappa shape index (κ2) is 7.05. The van der Waals surface area contributed by atoms with Gasteiger partial charge in [-0.1, -0.05) is 61.0 Å². The van der Waals surface area contributed by atoms with E-state index in [9.17, 15) is 9.59 Å². The summed E-state index contributed by atoms with van der Waals surface area (Å²) >= 11 is 1.01. The molecular formula is C20H19NO2S. The van der Waals surface area contributed by atoms with Gasteiger partial charge in [-0.2, -0.15) is 0 Å². The highest BCUT2D eigenvalue weighted by atomic mass is 32.2. The van der Waals surface area contributed by atoms with Gasteiger partial charge in [-0.3, -0.25) is 14.5 Å². The predicted molar refractivity (Wildman–Crippen MR) is 98.5 cm³/mol. The fourth-order valence-corrected chi connectivity index (χ4v) is 3.35. The Morgan fingerprint density at radius 1 is 0.958 bits per heavy atom. The molecule has 0 N–H and O–H groups in total. The fourth-order valence-electron chi connectivity index (χ4n) is 2.51. The lowest BCUT2D eigenvalue weighted by atomic mass is 10.1. The van der Waals surface area contributed by atoms with E-state index in [1.807, 2.05) is 55.5 Å². The van der Waals surface area contributed by atoms with Gasteiger partial charge in [0.25, 0.3) is 11.1 Å². The first-order valence-corrected chi connectivity index (χ1v) is 8.78. The Balaban J connectivity index is 1.77. The number of hydrogen-bond acceptors (Lipinski definition) is 3. The maximum atomic E-state index is 12.5. The minimum absolute atomic E-state index is 0.211. The number of aryl methyl sites for hydroxylation is 2. The maximum Gasteiger partial charge on any atom is 0.293 e. The number of carbonyl (C=O) groups is 2. The zero-order valence-corrected chi connectivity index (χ0v) is 14.6. The lowest BCUT2D eigenvalue weighted by Crippen LogP contribution is -2.27. The molecule has 0 unspecified atom stereocenters. The number of benzene rings is 2. The van der Waals surface area contributed by atoms with Gasteiger partial charge in [-0.15, -0.1) is 0 Å². The molecule has 2 aromatic carbocycles. The summed E-state index contributed by atoms with van der Waals surface area (Å²) in [5.74, 6) is -0.217. The van der Waals surface area contributed by atoms with Gasteiger partial charge in [0.15, 0.2) is 0 Å². The fraction of sp³-hybridized carbons (Fsp3) is 0.200. The molecule has 1 heterocycles. The van der Waals surface area contributed by atoms with Crippen molar-refractivity contribution in [1.29, 1.82) is 0 Å². The molecular weight excluding hydrogens is 318 g/mol. The second-order valence-corrected chi connectivity index (χ2v) is 6.84. The number of nitrogens with zero attached hydrogens (tertiary/aromatic N) is 1. The Hall–Kier alpha value is -2.33. The van der Waals surface area contributed by atoms with Crippen LogP contribution >= 0.6 is 11.8 Å². The number of hydrogen-bond donors (Lipinski definition) is 0. The lowest BCUT2D eigenvalue weighted by molar-refractivity contribution is -0.123. The van der Waals surface area contributed by atoms with Crippen LogP contribution in [-0.4, -0.2) is 16.0 Å². The van der Waals surface area contributed by atoms with Gasteiger partial charge in [0.1, 0.15) is 0 Å². The average molecular weight is 337 g/mol. The van der Waals surface area contributed by atoms with Gasteiger partial charge in [0.2, 0.25) is 0 Å². The van der Waals surface area contributed by atoms with Crippen molar-refractivity contribution in [3.8, 4) is 0 Å². The van der Waals surface area contributed by atoms with Crippen molar-refractivity contribution in [1.82, 2.24) is 4.90 Å². The first-order chi connectivity index (χ1) is 11.6. The SMILES string of the molecule is CCc1ccc(/C=C2\SC(=O)N(Cc3ccc(C)cc3)C2=O)cc1. The first kappa shape index (κ1) is 16.5. The maximum absolute atomic E-state index is 12.5. The summed E-state index contributed by atoms with van der Waals surface area (Å²) in [6.45, 7) is 4.43. The summed E-state index contributed by atoms with van der Waals surface area (Å²) in [5.41, 5.74) is 4.30. The third-order valence-corrected chi connectivity index (χ3v) is 4.93. The third-order valence-electron chi connectivity index (χ3n) is 4.02. The van der Waals surface area contributed by atoms with E-state index in [4.69, 9.17) is 0 Å². The normalized spacial score (nSPS) is 16.2. The molecule has 0 aliphatic carbocycles. The largest absolute Gasteiger partial charge is 0.293 e. The van der Waals surface area contributed by atoms with Crippen molar-refractivity contribution in [3.63, 3.8) is 0 Å². The summed E-state index contributed by atoms with van der Waals surface area (Å²) in [4.78, 5) is 26.5. The van der Waals surface area contributed by atoms with Crippen LogP contribution in [0.4, 0.5) is 4.79 Å². The Kier molecular flexibility index (Phi) is 4.86. The van der Waals surface area contributed by atoms with Gasteiger partial charge in [-0.25, -0.2) is 0 Å². The third kappa shape index (κ3) is 3.60. The lowest BCUT2D eigenvalue weighted by Gasteiger charge is -2.12. The second-order valence-electron chi connectivity index (χ2n) is 5.85. The van der Waals surface area contributed by atoms with E-state index < -0.39 is 0 Å². The predicted octanol–water partition coefficient (Wildman–Crippen LogP) is 4.79. The van der Waals surface area contributed by atoms with E-state index in [1.165, 1.54) is 10.5 Å². The molecule has 0 radical (unpaired) electrons. The standard InChI is InChI=1S/C20H19NO2S/c1-3-15-8-10-16(11-9-15)12-18-19(22)21(20(23)24-18)13-17-6-4-14(2)5-7-17/h4-12H,3,13H2,1-2H3/b18-12-. The topological polar surface area (TPSA) is 37.4 Å². The molecule has 3 nitrogen and oxygen atoms in total. The van der Waals surface area contributed by atoms with Crippen LogP contribution in [0.25, 0.3) is 6.08 Å². The number of carbonyl (C=O) groups excluding carboxylic acids is 2. The zero-order chi connectivity index (χ0) is 17.1. The van der Waals surface area contributed by atoms with Crippen LogP contribution < -0.4 is 0 Å². The average Bonchev–Trinajstić information content (AvgIpc) is 2.85. The van der Waals surface area contributed by atoms with E-state index in [-0.39, 0.29) is 11.1 Å². The van der Waals surface area contributed by atoms with E-state index in [1.54, 1.807) is 6.08 Å². The molecule has 3 rings (SSSR count).